The Morgan fingerprint density at radius 1 is 1.64 bits per heavy atom. The number of hydrogen-bond donors (Lipinski definition) is 0. The number of pyridine rings is 1. The first kappa shape index (κ1) is 10.4. The van der Waals surface area contributed by atoms with Crippen molar-refractivity contribution in [3.8, 4) is 0 Å². The van der Waals surface area contributed by atoms with E-state index in [1.54, 1.807) is 18.3 Å². The van der Waals surface area contributed by atoms with Crippen LogP contribution in [-0.2, 0) is 0 Å². The molecule has 2 nitrogen and oxygen atoms in total. The molecule has 1 rings (SSSR count). The molecule has 0 radical (unpaired) electrons. The number of alkyl halides is 1. The van der Waals surface area contributed by atoms with Gasteiger partial charge in [0.2, 0.25) is 0 Å². The van der Waals surface area contributed by atoms with Crippen LogP contribution in [0.2, 0.25) is 0 Å². The van der Waals surface area contributed by atoms with Crippen molar-refractivity contribution >= 4 is 29.8 Å². The van der Waals surface area contributed by atoms with E-state index in [4.69, 9.17) is 11.6 Å². The second-order valence-corrected chi connectivity index (χ2v) is 2.07. The van der Waals surface area contributed by atoms with Crippen LogP contribution in [0.1, 0.15) is 10.4 Å². The van der Waals surface area contributed by atoms with E-state index >= 15 is 0 Å². The minimum Gasteiger partial charge on any atom is -0.293 e. The first-order chi connectivity index (χ1) is 4.84. The van der Waals surface area contributed by atoms with Crippen LogP contribution >= 0.6 is 24.0 Å². The Kier molecular flexibility index (Phi) is 4.83. The standard InChI is InChI=1S/C7H6ClNO.ClH/c8-4-7(10)6-2-1-3-9-5-6;/h1-3,5H,4H2;1H. The number of Topliss-reactive ketones (excluding diaryl/α,β-unsaturated/α-hetero) is 1. The number of rotatable bonds is 2. The highest BCUT2D eigenvalue weighted by atomic mass is 35.5. The predicted molar refractivity (Wildman–Crippen MR) is 46.5 cm³/mol. The largest absolute Gasteiger partial charge is 0.293 e. The highest BCUT2D eigenvalue weighted by Crippen LogP contribution is 1.97. The summed E-state index contributed by atoms with van der Waals surface area (Å²) >= 11 is 5.31. The lowest BCUT2D eigenvalue weighted by molar-refractivity contribution is 0.102. The molecule has 0 aliphatic carbocycles. The highest BCUT2D eigenvalue weighted by molar-refractivity contribution is 6.30. The molecule has 0 bridgehead atoms. The number of halogens is 2. The van der Waals surface area contributed by atoms with Gasteiger partial charge in [-0.3, -0.25) is 9.78 Å². The van der Waals surface area contributed by atoms with E-state index in [0.29, 0.717) is 5.56 Å². The summed E-state index contributed by atoms with van der Waals surface area (Å²) < 4.78 is 0. The highest BCUT2D eigenvalue weighted by Gasteiger charge is 2.00. The fourth-order valence-corrected chi connectivity index (χ4v) is 0.759. The molecule has 0 atom stereocenters. The van der Waals surface area contributed by atoms with Gasteiger partial charge in [-0.2, -0.15) is 0 Å². The molecule has 1 heterocycles. The Morgan fingerprint density at radius 2 is 2.36 bits per heavy atom. The van der Waals surface area contributed by atoms with Crippen LogP contribution in [0.25, 0.3) is 0 Å². The molecule has 0 amide bonds. The smallest absolute Gasteiger partial charge is 0.179 e. The Bertz CT molecular complexity index is 225. The Hall–Kier alpha value is -0.600. The molecule has 0 unspecified atom stereocenters. The zero-order valence-corrected chi connectivity index (χ0v) is 7.23. The molecule has 4 heteroatoms. The first-order valence-electron chi connectivity index (χ1n) is 2.84. The van der Waals surface area contributed by atoms with Crippen molar-refractivity contribution in [3.63, 3.8) is 0 Å². The molecule has 11 heavy (non-hydrogen) atoms. The van der Waals surface area contributed by atoms with Crippen molar-refractivity contribution in [2.24, 2.45) is 0 Å². The molecule has 0 aliphatic rings. The third-order valence-electron chi connectivity index (χ3n) is 1.10. The summed E-state index contributed by atoms with van der Waals surface area (Å²) in [6.07, 6.45) is 3.12. The maximum absolute atomic E-state index is 10.8. The third kappa shape index (κ3) is 2.87. The fraction of sp³-hybridized carbons (Fsp3) is 0.143. The van der Waals surface area contributed by atoms with Gasteiger partial charge in [0.1, 0.15) is 0 Å². The molecule has 0 saturated carbocycles. The summed E-state index contributed by atoms with van der Waals surface area (Å²) in [6, 6.07) is 3.40. The molecule has 0 N–H and O–H groups in total. The Morgan fingerprint density at radius 3 is 2.82 bits per heavy atom. The normalized spacial score (nSPS) is 8.45. The van der Waals surface area contributed by atoms with Crippen molar-refractivity contribution in [1.82, 2.24) is 4.98 Å². The van der Waals surface area contributed by atoms with Gasteiger partial charge in [-0.1, -0.05) is 0 Å². The third-order valence-corrected chi connectivity index (χ3v) is 1.35. The average molecular weight is 192 g/mol. The van der Waals surface area contributed by atoms with Crippen LogP contribution in [-0.4, -0.2) is 16.6 Å². The maximum Gasteiger partial charge on any atom is 0.179 e. The summed E-state index contributed by atoms with van der Waals surface area (Å²) in [7, 11) is 0. The van der Waals surface area contributed by atoms with Gasteiger partial charge >= 0.3 is 0 Å². The number of ketones is 1. The van der Waals surface area contributed by atoms with E-state index in [2.05, 4.69) is 4.98 Å². The summed E-state index contributed by atoms with van der Waals surface area (Å²) in [6.45, 7) is 0. The van der Waals surface area contributed by atoms with Crippen LogP contribution in [0, 0.1) is 0 Å². The van der Waals surface area contributed by atoms with E-state index in [1.165, 1.54) is 6.20 Å². The van der Waals surface area contributed by atoms with E-state index in [9.17, 15) is 4.79 Å². The number of carbonyl (C=O) groups excluding carboxylic acids is 1. The van der Waals surface area contributed by atoms with Crippen LogP contribution in [0.15, 0.2) is 24.5 Å². The molecule has 1 aromatic rings. The van der Waals surface area contributed by atoms with E-state index < -0.39 is 0 Å². The SMILES string of the molecule is Cl.O=C(CCl)c1cccnc1. The summed E-state index contributed by atoms with van der Waals surface area (Å²) in [5.74, 6) is -0.0686. The molecule has 0 fully saturated rings. The zero-order valence-electron chi connectivity index (χ0n) is 5.66. The average Bonchev–Trinajstić information content (AvgIpc) is 2.05. The quantitative estimate of drug-likeness (QED) is 0.529. The van der Waals surface area contributed by atoms with Crippen LogP contribution < -0.4 is 0 Å². The number of hydrogen-bond acceptors (Lipinski definition) is 2. The lowest BCUT2D eigenvalue weighted by Crippen LogP contribution is -1.99. The first-order valence-corrected chi connectivity index (χ1v) is 3.37. The fourth-order valence-electron chi connectivity index (χ4n) is 0.605. The van der Waals surface area contributed by atoms with E-state index in [1.807, 2.05) is 0 Å². The molecular weight excluding hydrogens is 185 g/mol. The summed E-state index contributed by atoms with van der Waals surface area (Å²) in [5.41, 5.74) is 0.567. The van der Waals surface area contributed by atoms with Crippen molar-refractivity contribution in [1.29, 1.82) is 0 Å². The lowest BCUT2D eigenvalue weighted by Gasteiger charge is -1.91. The van der Waals surface area contributed by atoms with Crippen molar-refractivity contribution in [2.45, 2.75) is 0 Å². The van der Waals surface area contributed by atoms with Gasteiger partial charge in [0, 0.05) is 18.0 Å². The molecule has 0 spiro atoms. The monoisotopic (exact) mass is 191 g/mol. The van der Waals surface area contributed by atoms with Crippen LogP contribution in [0.5, 0.6) is 0 Å². The van der Waals surface area contributed by atoms with Gasteiger partial charge < -0.3 is 0 Å². The van der Waals surface area contributed by atoms with Gasteiger partial charge in [-0.25, -0.2) is 0 Å². The zero-order chi connectivity index (χ0) is 7.40. The van der Waals surface area contributed by atoms with E-state index in [0.717, 1.165) is 0 Å². The second-order valence-electron chi connectivity index (χ2n) is 1.80. The minimum absolute atomic E-state index is 0. The lowest BCUT2D eigenvalue weighted by atomic mass is 10.2. The van der Waals surface area contributed by atoms with Gasteiger partial charge in [-0.15, -0.1) is 24.0 Å². The van der Waals surface area contributed by atoms with Crippen molar-refractivity contribution < 1.29 is 4.79 Å². The molecule has 0 aliphatic heterocycles. The van der Waals surface area contributed by atoms with Crippen LogP contribution in [0.3, 0.4) is 0 Å². The molecule has 1 aromatic heterocycles. The number of nitrogens with zero attached hydrogens (tertiary/aromatic N) is 1. The number of carbonyl (C=O) groups is 1. The molecule has 0 aromatic carbocycles. The summed E-state index contributed by atoms with van der Waals surface area (Å²) in [5, 5.41) is 0. The molecule has 60 valence electrons. The summed E-state index contributed by atoms with van der Waals surface area (Å²) in [4.78, 5) is 14.6. The van der Waals surface area contributed by atoms with Crippen LogP contribution in [0.4, 0.5) is 0 Å². The van der Waals surface area contributed by atoms with Gasteiger partial charge in [0.05, 0.1) is 5.88 Å². The van der Waals surface area contributed by atoms with Crippen molar-refractivity contribution in [3.05, 3.63) is 30.1 Å². The Labute approximate surface area is 76.0 Å². The topological polar surface area (TPSA) is 30.0 Å². The second kappa shape index (κ2) is 5.10. The minimum atomic E-state index is -0.0882. The van der Waals surface area contributed by atoms with Gasteiger partial charge in [-0.05, 0) is 12.1 Å². The number of aromatic nitrogens is 1. The van der Waals surface area contributed by atoms with Crippen molar-refractivity contribution in [2.75, 3.05) is 5.88 Å². The Balaban J connectivity index is 0.000001000. The van der Waals surface area contributed by atoms with E-state index in [-0.39, 0.29) is 24.1 Å². The molecule has 0 saturated heterocycles. The van der Waals surface area contributed by atoms with Gasteiger partial charge in [0.15, 0.2) is 5.78 Å². The molecular formula is C7H7Cl2NO. The van der Waals surface area contributed by atoms with Gasteiger partial charge in [0.25, 0.3) is 0 Å². The predicted octanol–water partition coefficient (Wildman–Crippen LogP) is 1.92. The maximum atomic E-state index is 10.8.